The maximum atomic E-state index is 10.4. The molecule has 0 aromatic carbocycles. The fourth-order valence-corrected chi connectivity index (χ4v) is 0.609. The highest BCUT2D eigenvalue weighted by Crippen LogP contribution is 1.99. The van der Waals surface area contributed by atoms with Crippen LogP contribution in [0, 0.1) is 6.07 Å². The maximum Gasteiger partial charge on any atom is 0.137 e. The van der Waals surface area contributed by atoms with Gasteiger partial charge in [-0.05, 0) is 13.0 Å². The highest BCUT2D eigenvalue weighted by Gasteiger charge is 1.97. The number of ketones is 1. The van der Waals surface area contributed by atoms with E-state index in [0.717, 1.165) is 0 Å². The summed E-state index contributed by atoms with van der Waals surface area (Å²) in [5, 5.41) is 0. The molecule has 0 atom stereocenters. The van der Waals surface area contributed by atoms with Gasteiger partial charge < -0.3 is 4.42 Å². The molecule has 0 unspecified atom stereocenters. The van der Waals surface area contributed by atoms with Crippen LogP contribution in [-0.4, -0.2) is 5.78 Å². The Bertz CT molecular complexity index is 187. The second-order valence-corrected chi connectivity index (χ2v) is 1.89. The molecule has 0 N–H and O–H groups in total. The lowest BCUT2D eigenvalue weighted by atomic mass is 10.2. The molecule has 1 heterocycles. The molecule has 47 valence electrons. The zero-order chi connectivity index (χ0) is 6.69. The van der Waals surface area contributed by atoms with E-state index >= 15 is 0 Å². The summed E-state index contributed by atoms with van der Waals surface area (Å²) in [5.41, 5.74) is 0. The predicted octanol–water partition coefficient (Wildman–Crippen LogP) is 1.21. The van der Waals surface area contributed by atoms with E-state index in [2.05, 4.69) is 6.07 Å². The maximum absolute atomic E-state index is 10.4. The van der Waals surface area contributed by atoms with E-state index in [1.807, 2.05) is 0 Å². The van der Waals surface area contributed by atoms with Crippen molar-refractivity contribution in [2.24, 2.45) is 0 Å². The van der Waals surface area contributed by atoms with E-state index in [1.165, 1.54) is 13.2 Å². The lowest BCUT2D eigenvalue weighted by Crippen LogP contribution is -1.93. The molecular formula is C7H7O2. The van der Waals surface area contributed by atoms with E-state index in [9.17, 15) is 4.79 Å². The molecular weight excluding hydrogens is 116 g/mol. The molecule has 0 fully saturated rings. The Morgan fingerprint density at radius 3 is 3.11 bits per heavy atom. The van der Waals surface area contributed by atoms with Crippen LogP contribution in [-0.2, 0) is 11.2 Å². The molecule has 9 heavy (non-hydrogen) atoms. The minimum Gasteiger partial charge on any atom is -0.468 e. The standard InChI is InChI=1S/C7H7O2/c1-6(8)5-7-3-2-4-9-7/h3-4H,5H2,1H3. The number of hydrogen-bond acceptors (Lipinski definition) is 2. The van der Waals surface area contributed by atoms with Crippen molar-refractivity contribution >= 4 is 5.78 Å². The lowest BCUT2D eigenvalue weighted by molar-refractivity contribution is -0.116. The Balaban J connectivity index is 2.58. The zero-order valence-electron chi connectivity index (χ0n) is 5.18. The van der Waals surface area contributed by atoms with Crippen LogP contribution in [0.2, 0.25) is 0 Å². The van der Waals surface area contributed by atoms with Crippen LogP contribution >= 0.6 is 0 Å². The molecule has 1 aromatic heterocycles. The van der Waals surface area contributed by atoms with E-state index in [4.69, 9.17) is 4.42 Å². The van der Waals surface area contributed by atoms with Gasteiger partial charge in [0, 0.05) is 6.07 Å². The fraction of sp³-hybridized carbons (Fsp3) is 0.286. The first kappa shape index (κ1) is 6.08. The van der Waals surface area contributed by atoms with Crippen molar-refractivity contribution in [1.82, 2.24) is 0 Å². The van der Waals surface area contributed by atoms with Gasteiger partial charge in [0.2, 0.25) is 0 Å². The number of carbonyl (C=O) groups is 1. The normalized spacial score (nSPS) is 9.44. The van der Waals surface area contributed by atoms with Gasteiger partial charge in [-0.25, -0.2) is 0 Å². The molecule has 0 amide bonds. The molecule has 1 radical (unpaired) electrons. The van der Waals surface area contributed by atoms with Crippen LogP contribution in [0.25, 0.3) is 0 Å². The molecule has 0 aliphatic rings. The first-order valence-corrected chi connectivity index (χ1v) is 2.72. The summed E-state index contributed by atoms with van der Waals surface area (Å²) in [4.78, 5) is 10.4. The zero-order valence-corrected chi connectivity index (χ0v) is 5.18. The summed E-state index contributed by atoms with van der Waals surface area (Å²) in [7, 11) is 0. The number of carbonyl (C=O) groups excluding carboxylic acids is 1. The summed E-state index contributed by atoms with van der Waals surface area (Å²) < 4.78 is 4.87. The molecule has 1 rings (SSSR count). The Kier molecular flexibility index (Phi) is 1.68. The lowest BCUT2D eigenvalue weighted by Gasteiger charge is -1.86. The third-order valence-electron chi connectivity index (χ3n) is 0.946. The Labute approximate surface area is 53.5 Å². The Hall–Kier alpha value is -1.05. The molecule has 0 saturated heterocycles. The molecule has 0 aliphatic heterocycles. The number of Topliss-reactive ketones (excluding diaryl/α,β-unsaturated/α-hetero) is 1. The SMILES string of the molecule is CC(=O)Cc1c[c]co1. The van der Waals surface area contributed by atoms with Gasteiger partial charge in [0.1, 0.15) is 11.5 Å². The van der Waals surface area contributed by atoms with Gasteiger partial charge in [-0.2, -0.15) is 0 Å². The largest absolute Gasteiger partial charge is 0.468 e. The highest BCUT2D eigenvalue weighted by atomic mass is 16.3. The average Bonchev–Trinajstić information content (AvgIpc) is 2.15. The summed E-state index contributed by atoms with van der Waals surface area (Å²) in [6.07, 6.45) is 1.82. The third-order valence-corrected chi connectivity index (χ3v) is 0.946. The van der Waals surface area contributed by atoms with Crippen molar-refractivity contribution in [3.05, 3.63) is 24.2 Å². The van der Waals surface area contributed by atoms with E-state index in [-0.39, 0.29) is 5.78 Å². The number of rotatable bonds is 2. The monoisotopic (exact) mass is 123 g/mol. The highest BCUT2D eigenvalue weighted by molar-refractivity contribution is 5.77. The summed E-state index contributed by atoms with van der Waals surface area (Å²) in [5.74, 6) is 0.792. The molecule has 2 nitrogen and oxygen atoms in total. The van der Waals surface area contributed by atoms with E-state index < -0.39 is 0 Å². The van der Waals surface area contributed by atoms with Gasteiger partial charge in [0.25, 0.3) is 0 Å². The molecule has 0 aliphatic carbocycles. The van der Waals surface area contributed by atoms with Gasteiger partial charge in [0.15, 0.2) is 0 Å². The quantitative estimate of drug-likeness (QED) is 0.591. The Morgan fingerprint density at radius 1 is 1.89 bits per heavy atom. The number of hydrogen-bond donors (Lipinski definition) is 0. The minimum atomic E-state index is 0.110. The van der Waals surface area contributed by atoms with Gasteiger partial charge in [-0.15, -0.1) is 0 Å². The molecule has 0 saturated carbocycles. The second-order valence-electron chi connectivity index (χ2n) is 1.89. The van der Waals surface area contributed by atoms with Crippen LogP contribution in [0.4, 0.5) is 0 Å². The van der Waals surface area contributed by atoms with E-state index in [0.29, 0.717) is 12.2 Å². The first-order chi connectivity index (χ1) is 4.29. The summed E-state index contributed by atoms with van der Waals surface area (Å²) >= 11 is 0. The first-order valence-electron chi connectivity index (χ1n) is 2.72. The van der Waals surface area contributed by atoms with Gasteiger partial charge in [-0.1, -0.05) is 0 Å². The van der Waals surface area contributed by atoms with Crippen LogP contribution in [0.5, 0.6) is 0 Å². The molecule has 1 aromatic rings. The van der Waals surface area contributed by atoms with Crippen LogP contribution in [0.3, 0.4) is 0 Å². The summed E-state index contributed by atoms with van der Waals surface area (Å²) in [6, 6.07) is 4.38. The molecule has 0 spiro atoms. The number of furan rings is 1. The van der Waals surface area contributed by atoms with Crippen molar-refractivity contribution in [3.63, 3.8) is 0 Å². The second kappa shape index (κ2) is 2.49. The van der Waals surface area contributed by atoms with Crippen LogP contribution in [0.1, 0.15) is 12.7 Å². The van der Waals surface area contributed by atoms with Crippen molar-refractivity contribution in [3.8, 4) is 0 Å². The minimum absolute atomic E-state index is 0.110. The Morgan fingerprint density at radius 2 is 2.67 bits per heavy atom. The van der Waals surface area contributed by atoms with Crippen molar-refractivity contribution in [2.75, 3.05) is 0 Å². The molecule has 2 heteroatoms. The summed E-state index contributed by atoms with van der Waals surface area (Å²) in [6.45, 7) is 1.53. The molecule has 0 bridgehead atoms. The third kappa shape index (κ3) is 1.72. The fourth-order valence-electron chi connectivity index (χ4n) is 0.609. The van der Waals surface area contributed by atoms with Crippen LogP contribution < -0.4 is 0 Å². The predicted molar refractivity (Wildman–Crippen MR) is 31.9 cm³/mol. The average molecular weight is 123 g/mol. The van der Waals surface area contributed by atoms with Crippen LogP contribution in [0.15, 0.2) is 16.7 Å². The van der Waals surface area contributed by atoms with Gasteiger partial charge in [-0.3, -0.25) is 4.79 Å². The smallest absolute Gasteiger partial charge is 0.137 e. The van der Waals surface area contributed by atoms with Crippen molar-refractivity contribution in [2.45, 2.75) is 13.3 Å². The van der Waals surface area contributed by atoms with Gasteiger partial charge in [0.05, 0.1) is 12.7 Å². The van der Waals surface area contributed by atoms with Crippen molar-refractivity contribution in [1.29, 1.82) is 0 Å². The van der Waals surface area contributed by atoms with Crippen molar-refractivity contribution < 1.29 is 9.21 Å². The van der Waals surface area contributed by atoms with E-state index in [1.54, 1.807) is 6.07 Å². The topological polar surface area (TPSA) is 30.2 Å². The van der Waals surface area contributed by atoms with Gasteiger partial charge >= 0.3 is 0 Å².